The average Bonchev–Trinajstić information content (AvgIpc) is 2.95. The topological polar surface area (TPSA) is 77.4 Å². The van der Waals surface area contributed by atoms with Crippen molar-refractivity contribution in [2.45, 2.75) is 25.7 Å². The second-order valence-electron chi connectivity index (χ2n) is 9.06. The van der Waals surface area contributed by atoms with Gasteiger partial charge < -0.3 is 29.2 Å². The van der Waals surface area contributed by atoms with Gasteiger partial charge in [-0.25, -0.2) is 0 Å². The van der Waals surface area contributed by atoms with E-state index in [-0.39, 0.29) is 11.5 Å². The van der Waals surface area contributed by atoms with Crippen LogP contribution in [0.5, 0.6) is 34.5 Å². The van der Waals surface area contributed by atoms with E-state index in [0.29, 0.717) is 24.3 Å². The fraction of sp³-hybridized carbons (Fsp3) is 0.250. The molecule has 0 aromatic heterocycles. The van der Waals surface area contributed by atoms with Crippen molar-refractivity contribution < 1.29 is 29.2 Å². The van der Waals surface area contributed by atoms with E-state index in [1.165, 1.54) is 14.2 Å². The van der Waals surface area contributed by atoms with Gasteiger partial charge in [0.05, 0.1) is 28.4 Å². The zero-order valence-corrected chi connectivity index (χ0v) is 22.3. The van der Waals surface area contributed by atoms with Crippen LogP contribution in [0.1, 0.15) is 22.3 Å². The smallest absolute Gasteiger partial charge is 0.161 e. The highest BCUT2D eigenvalue weighted by atomic mass is 16.5. The standard InChI is InChI=1S/C32H34O6/c1-35-25-13-7-21(8-14-25)5-11-23-17-29(33)31(37-3)19-27(23)28-20-32(38-4)30(34)18-24(28)12-6-22-9-15-26(36-2)16-10-22/h7-10,13-20,33-34H,5-6,11-12H2,1-4H3. The summed E-state index contributed by atoms with van der Waals surface area (Å²) in [6.45, 7) is 0. The lowest BCUT2D eigenvalue weighted by molar-refractivity contribution is 0.372. The lowest BCUT2D eigenvalue weighted by Crippen LogP contribution is -2.01. The minimum absolute atomic E-state index is 0.0894. The van der Waals surface area contributed by atoms with Crippen LogP contribution >= 0.6 is 0 Å². The van der Waals surface area contributed by atoms with Gasteiger partial charge in [-0.05, 0) is 108 Å². The predicted molar refractivity (Wildman–Crippen MR) is 149 cm³/mol. The van der Waals surface area contributed by atoms with Gasteiger partial charge in [-0.3, -0.25) is 0 Å². The maximum atomic E-state index is 10.6. The summed E-state index contributed by atoms with van der Waals surface area (Å²) in [7, 11) is 6.38. The van der Waals surface area contributed by atoms with Crippen LogP contribution in [-0.2, 0) is 25.7 Å². The summed E-state index contributed by atoms with van der Waals surface area (Å²) in [5.74, 6) is 2.59. The van der Waals surface area contributed by atoms with E-state index in [9.17, 15) is 10.2 Å². The minimum atomic E-state index is 0.0894. The number of phenols is 2. The number of aromatic hydroxyl groups is 2. The summed E-state index contributed by atoms with van der Waals surface area (Å²) in [5, 5.41) is 21.2. The number of phenolic OH excluding ortho intramolecular Hbond substituents is 2. The highest BCUT2D eigenvalue weighted by molar-refractivity contribution is 5.76. The van der Waals surface area contributed by atoms with Gasteiger partial charge in [-0.2, -0.15) is 0 Å². The van der Waals surface area contributed by atoms with Crippen molar-refractivity contribution in [2.75, 3.05) is 28.4 Å². The molecule has 0 amide bonds. The van der Waals surface area contributed by atoms with Crippen molar-refractivity contribution in [3.05, 3.63) is 95.1 Å². The van der Waals surface area contributed by atoms with Gasteiger partial charge >= 0.3 is 0 Å². The van der Waals surface area contributed by atoms with Gasteiger partial charge in [0.1, 0.15) is 11.5 Å². The molecule has 2 N–H and O–H groups in total. The number of ether oxygens (including phenoxy) is 4. The second kappa shape index (κ2) is 12.3. The molecule has 0 saturated carbocycles. The van der Waals surface area contributed by atoms with Crippen molar-refractivity contribution in [3.63, 3.8) is 0 Å². The molecule has 4 aromatic carbocycles. The number of benzene rings is 4. The molecule has 4 rings (SSSR count). The summed E-state index contributed by atoms with van der Waals surface area (Å²) in [6.07, 6.45) is 2.94. The highest BCUT2D eigenvalue weighted by Crippen LogP contribution is 2.41. The van der Waals surface area contributed by atoms with Crippen LogP contribution in [0.15, 0.2) is 72.8 Å². The number of aryl methyl sites for hydroxylation is 4. The molecule has 198 valence electrons. The van der Waals surface area contributed by atoms with Crippen molar-refractivity contribution >= 4 is 0 Å². The minimum Gasteiger partial charge on any atom is -0.504 e. The Hall–Kier alpha value is -4.32. The maximum Gasteiger partial charge on any atom is 0.161 e. The Morgan fingerprint density at radius 1 is 0.474 bits per heavy atom. The molecular formula is C32H34O6. The summed E-state index contributed by atoms with van der Waals surface area (Å²) >= 11 is 0. The molecule has 0 aliphatic heterocycles. The molecule has 0 spiro atoms. The molecule has 0 saturated heterocycles. The lowest BCUT2D eigenvalue weighted by Gasteiger charge is -2.18. The monoisotopic (exact) mass is 514 g/mol. The highest BCUT2D eigenvalue weighted by Gasteiger charge is 2.18. The SMILES string of the molecule is COc1ccc(CCc2cc(O)c(OC)cc2-c2cc(OC)c(O)cc2CCc2ccc(OC)cc2)cc1. The Morgan fingerprint density at radius 3 is 1.16 bits per heavy atom. The van der Waals surface area contributed by atoms with E-state index >= 15 is 0 Å². The summed E-state index contributed by atoms with van der Waals surface area (Å²) in [4.78, 5) is 0. The van der Waals surface area contributed by atoms with E-state index in [2.05, 4.69) is 0 Å². The third kappa shape index (κ3) is 6.14. The Kier molecular flexibility index (Phi) is 8.64. The van der Waals surface area contributed by atoms with E-state index in [1.54, 1.807) is 26.4 Å². The number of hydrogen-bond donors (Lipinski definition) is 2. The molecule has 38 heavy (non-hydrogen) atoms. The van der Waals surface area contributed by atoms with Gasteiger partial charge in [-0.15, -0.1) is 0 Å². The van der Waals surface area contributed by atoms with Gasteiger partial charge in [-0.1, -0.05) is 24.3 Å². The Bertz CT molecular complexity index is 1250. The van der Waals surface area contributed by atoms with E-state index < -0.39 is 0 Å². The Morgan fingerprint density at radius 2 is 0.842 bits per heavy atom. The average molecular weight is 515 g/mol. The van der Waals surface area contributed by atoms with Gasteiger partial charge in [0.25, 0.3) is 0 Å². The van der Waals surface area contributed by atoms with Crippen molar-refractivity contribution in [3.8, 4) is 45.6 Å². The number of rotatable bonds is 11. The molecule has 0 fully saturated rings. The quantitative estimate of drug-likeness (QED) is 0.242. The van der Waals surface area contributed by atoms with Crippen LogP contribution in [-0.4, -0.2) is 38.7 Å². The first-order valence-electron chi connectivity index (χ1n) is 12.5. The fourth-order valence-electron chi connectivity index (χ4n) is 4.61. The Balaban J connectivity index is 1.72. The molecular weight excluding hydrogens is 480 g/mol. The molecule has 0 heterocycles. The zero-order chi connectivity index (χ0) is 27.1. The normalized spacial score (nSPS) is 10.7. The van der Waals surface area contributed by atoms with Crippen LogP contribution in [0.2, 0.25) is 0 Å². The van der Waals surface area contributed by atoms with Crippen molar-refractivity contribution in [1.29, 1.82) is 0 Å². The molecule has 0 unspecified atom stereocenters. The molecule has 6 nitrogen and oxygen atoms in total. The lowest BCUT2D eigenvalue weighted by atomic mass is 9.89. The molecule has 0 aliphatic rings. The van der Waals surface area contributed by atoms with Crippen LogP contribution in [0.3, 0.4) is 0 Å². The number of hydrogen-bond acceptors (Lipinski definition) is 6. The van der Waals surface area contributed by atoms with Gasteiger partial charge in [0.2, 0.25) is 0 Å². The van der Waals surface area contributed by atoms with Crippen molar-refractivity contribution in [2.24, 2.45) is 0 Å². The van der Waals surface area contributed by atoms with Crippen LogP contribution in [0, 0.1) is 0 Å². The first-order chi connectivity index (χ1) is 18.4. The molecule has 0 atom stereocenters. The van der Waals surface area contributed by atoms with Crippen molar-refractivity contribution in [1.82, 2.24) is 0 Å². The first kappa shape index (κ1) is 26.7. The van der Waals surface area contributed by atoms with E-state index in [0.717, 1.165) is 57.7 Å². The van der Waals surface area contributed by atoms with Gasteiger partial charge in [0, 0.05) is 0 Å². The maximum absolute atomic E-state index is 10.6. The van der Waals surface area contributed by atoms with Crippen LogP contribution < -0.4 is 18.9 Å². The number of methoxy groups -OCH3 is 4. The molecule has 4 aromatic rings. The Labute approximate surface area is 224 Å². The van der Waals surface area contributed by atoms with Crippen LogP contribution in [0.25, 0.3) is 11.1 Å². The van der Waals surface area contributed by atoms with E-state index in [4.69, 9.17) is 18.9 Å². The van der Waals surface area contributed by atoms with E-state index in [1.807, 2.05) is 60.7 Å². The third-order valence-corrected chi connectivity index (χ3v) is 6.78. The summed E-state index contributed by atoms with van der Waals surface area (Å²) in [6, 6.07) is 23.2. The van der Waals surface area contributed by atoms with Crippen LogP contribution in [0.4, 0.5) is 0 Å². The second-order valence-corrected chi connectivity index (χ2v) is 9.06. The van der Waals surface area contributed by atoms with Gasteiger partial charge in [0.15, 0.2) is 23.0 Å². The molecule has 0 aliphatic carbocycles. The largest absolute Gasteiger partial charge is 0.504 e. The summed E-state index contributed by atoms with van der Waals surface area (Å²) < 4.78 is 21.5. The molecule has 0 radical (unpaired) electrons. The zero-order valence-electron chi connectivity index (χ0n) is 22.3. The molecule has 6 heteroatoms. The predicted octanol–water partition coefficient (Wildman–Crippen LogP) is 6.37. The summed E-state index contributed by atoms with van der Waals surface area (Å²) in [5.41, 5.74) is 6.12. The first-order valence-corrected chi connectivity index (χ1v) is 12.5. The molecule has 0 bridgehead atoms. The fourth-order valence-corrected chi connectivity index (χ4v) is 4.61. The third-order valence-electron chi connectivity index (χ3n) is 6.78.